The van der Waals surface area contributed by atoms with Crippen molar-refractivity contribution in [3.05, 3.63) is 18.0 Å². The standard InChI is InChI=1S/C11H20N4O2/c1-15-9-10(7-14-15)3-4-13-11(16)8-12-5-6-17-2/h7,9,12H,3-6,8H2,1-2H3,(H,13,16). The summed E-state index contributed by atoms with van der Waals surface area (Å²) in [5, 5.41) is 9.89. The summed E-state index contributed by atoms with van der Waals surface area (Å²) >= 11 is 0. The Morgan fingerprint density at radius 3 is 3.00 bits per heavy atom. The molecular weight excluding hydrogens is 220 g/mol. The molecule has 6 heteroatoms. The van der Waals surface area contributed by atoms with Gasteiger partial charge in [0.25, 0.3) is 0 Å². The van der Waals surface area contributed by atoms with Crippen LogP contribution < -0.4 is 10.6 Å². The molecule has 2 N–H and O–H groups in total. The van der Waals surface area contributed by atoms with Crippen LogP contribution in [-0.2, 0) is 23.0 Å². The van der Waals surface area contributed by atoms with Gasteiger partial charge in [0.05, 0.1) is 19.3 Å². The third-order valence-corrected chi connectivity index (χ3v) is 2.26. The maximum Gasteiger partial charge on any atom is 0.233 e. The molecule has 1 aromatic heterocycles. The fraction of sp³-hybridized carbons (Fsp3) is 0.636. The number of amides is 1. The number of methoxy groups -OCH3 is 1. The number of nitrogens with zero attached hydrogens (tertiary/aromatic N) is 2. The summed E-state index contributed by atoms with van der Waals surface area (Å²) in [5.74, 6) is 0.00462. The lowest BCUT2D eigenvalue weighted by molar-refractivity contribution is -0.120. The summed E-state index contributed by atoms with van der Waals surface area (Å²) in [6, 6.07) is 0. The van der Waals surface area contributed by atoms with Crippen LogP contribution in [0, 0.1) is 0 Å². The first-order valence-corrected chi connectivity index (χ1v) is 5.66. The van der Waals surface area contributed by atoms with Crippen molar-refractivity contribution in [2.24, 2.45) is 7.05 Å². The number of hydrogen-bond acceptors (Lipinski definition) is 4. The predicted octanol–water partition coefficient (Wildman–Crippen LogP) is -0.685. The summed E-state index contributed by atoms with van der Waals surface area (Å²) in [6.07, 6.45) is 4.56. The summed E-state index contributed by atoms with van der Waals surface area (Å²) in [5.41, 5.74) is 1.13. The van der Waals surface area contributed by atoms with E-state index in [1.807, 2.05) is 19.4 Å². The topological polar surface area (TPSA) is 68.2 Å². The van der Waals surface area contributed by atoms with Crippen LogP contribution in [0.4, 0.5) is 0 Å². The average Bonchev–Trinajstić information content (AvgIpc) is 2.71. The molecule has 0 unspecified atom stereocenters. The molecule has 1 rings (SSSR count). The van der Waals surface area contributed by atoms with Crippen LogP contribution in [0.5, 0.6) is 0 Å². The Labute approximate surface area is 101 Å². The zero-order valence-electron chi connectivity index (χ0n) is 10.4. The Bertz CT molecular complexity index is 338. The van der Waals surface area contributed by atoms with Crippen molar-refractivity contribution in [1.29, 1.82) is 0 Å². The number of rotatable bonds is 8. The highest BCUT2D eigenvalue weighted by molar-refractivity contribution is 5.77. The van der Waals surface area contributed by atoms with Gasteiger partial charge in [0.2, 0.25) is 5.91 Å². The van der Waals surface area contributed by atoms with Crippen molar-refractivity contribution >= 4 is 5.91 Å². The van der Waals surface area contributed by atoms with Gasteiger partial charge in [0.15, 0.2) is 0 Å². The number of ether oxygens (including phenoxy) is 1. The molecule has 17 heavy (non-hydrogen) atoms. The first kappa shape index (κ1) is 13.7. The molecule has 1 aromatic rings. The van der Waals surface area contributed by atoms with E-state index >= 15 is 0 Å². The lowest BCUT2D eigenvalue weighted by Crippen LogP contribution is -2.36. The second-order valence-corrected chi connectivity index (χ2v) is 3.79. The van der Waals surface area contributed by atoms with Crippen molar-refractivity contribution in [2.75, 3.05) is 33.4 Å². The Morgan fingerprint density at radius 1 is 1.53 bits per heavy atom. The monoisotopic (exact) mass is 240 g/mol. The molecule has 1 heterocycles. The number of carbonyl (C=O) groups is 1. The van der Waals surface area contributed by atoms with Crippen LogP contribution in [0.2, 0.25) is 0 Å². The van der Waals surface area contributed by atoms with Crippen LogP contribution in [0.1, 0.15) is 5.56 Å². The van der Waals surface area contributed by atoms with E-state index in [9.17, 15) is 4.79 Å². The molecule has 0 aliphatic carbocycles. The van der Waals surface area contributed by atoms with Gasteiger partial charge in [0.1, 0.15) is 0 Å². The maximum absolute atomic E-state index is 11.4. The highest BCUT2D eigenvalue weighted by Crippen LogP contribution is 1.95. The largest absolute Gasteiger partial charge is 0.383 e. The molecule has 6 nitrogen and oxygen atoms in total. The Morgan fingerprint density at radius 2 is 2.35 bits per heavy atom. The molecule has 0 spiro atoms. The minimum Gasteiger partial charge on any atom is -0.383 e. The quantitative estimate of drug-likeness (QED) is 0.591. The van der Waals surface area contributed by atoms with Crippen LogP contribution in [0.15, 0.2) is 12.4 Å². The van der Waals surface area contributed by atoms with E-state index in [0.29, 0.717) is 26.2 Å². The van der Waals surface area contributed by atoms with E-state index in [4.69, 9.17) is 4.74 Å². The Kier molecular flexibility index (Phi) is 6.27. The number of carbonyl (C=O) groups excluding carboxylic acids is 1. The van der Waals surface area contributed by atoms with Gasteiger partial charge in [-0.25, -0.2) is 0 Å². The van der Waals surface area contributed by atoms with E-state index in [0.717, 1.165) is 12.0 Å². The molecule has 0 aromatic carbocycles. The van der Waals surface area contributed by atoms with Crippen molar-refractivity contribution in [3.8, 4) is 0 Å². The summed E-state index contributed by atoms with van der Waals surface area (Å²) in [6.45, 7) is 2.27. The molecule has 0 atom stereocenters. The van der Waals surface area contributed by atoms with Crippen molar-refractivity contribution in [2.45, 2.75) is 6.42 Å². The van der Waals surface area contributed by atoms with Crippen LogP contribution in [0.25, 0.3) is 0 Å². The molecule has 1 amide bonds. The van der Waals surface area contributed by atoms with Crippen molar-refractivity contribution in [1.82, 2.24) is 20.4 Å². The SMILES string of the molecule is COCCNCC(=O)NCCc1cnn(C)c1. The van der Waals surface area contributed by atoms with Gasteiger partial charge in [-0.2, -0.15) is 5.10 Å². The van der Waals surface area contributed by atoms with E-state index in [1.54, 1.807) is 11.8 Å². The van der Waals surface area contributed by atoms with Gasteiger partial charge < -0.3 is 15.4 Å². The molecule has 0 aliphatic rings. The zero-order chi connectivity index (χ0) is 12.5. The first-order valence-electron chi connectivity index (χ1n) is 5.66. The van der Waals surface area contributed by atoms with Crippen LogP contribution >= 0.6 is 0 Å². The summed E-state index contributed by atoms with van der Waals surface area (Å²) in [7, 11) is 3.51. The molecule has 0 saturated carbocycles. The number of aryl methyl sites for hydroxylation is 1. The van der Waals surface area contributed by atoms with Crippen molar-refractivity contribution < 1.29 is 9.53 Å². The second kappa shape index (κ2) is 7.81. The van der Waals surface area contributed by atoms with Gasteiger partial charge in [-0.3, -0.25) is 9.48 Å². The molecule has 0 bridgehead atoms. The molecule has 0 radical (unpaired) electrons. The molecule has 0 fully saturated rings. The van der Waals surface area contributed by atoms with E-state index in [1.165, 1.54) is 0 Å². The van der Waals surface area contributed by atoms with E-state index < -0.39 is 0 Å². The van der Waals surface area contributed by atoms with Crippen LogP contribution in [-0.4, -0.2) is 49.0 Å². The van der Waals surface area contributed by atoms with Gasteiger partial charge in [0, 0.05) is 33.4 Å². The Hall–Kier alpha value is -1.40. The van der Waals surface area contributed by atoms with Gasteiger partial charge in [-0.15, -0.1) is 0 Å². The highest BCUT2D eigenvalue weighted by Gasteiger charge is 2.00. The molecule has 0 aliphatic heterocycles. The maximum atomic E-state index is 11.4. The third-order valence-electron chi connectivity index (χ3n) is 2.26. The number of nitrogens with one attached hydrogen (secondary N) is 2. The first-order chi connectivity index (χ1) is 8.22. The average molecular weight is 240 g/mol. The summed E-state index contributed by atoms with van der Waals surface area (Å²) < 4.78 is 6.61. The van der Waals surface area contributed by atoms with Crippen LogP contribution in [0.3, 0.4) is 0 Å². The predicted molar refractivity (Wildman–Crippen MR) is 64.7 cm³/mol. The van der Waals surface area contributed by atoms with E-state index in [2.05, 4.69) is 15.7 Å². The van der Waals surface area contributed by atoms with Gasteiger partial charge in [-0.1, -0.05) is 0 Å². The second-order valence-electron chi connectivity index (χ2n) is 3.79. The zero-order valence-corrected chi connectivity index (χ0v) is 10.4. The fourth-order valence-electron chi connectivity index (χ4n) is 1.39. The van der Waals surface area contributed by atoms with Crippen molar-refractivity contribution in [3.63, 3.8) is 0 Å². The van der Waals surface area contributed by atoms with Gasteiger partial charge in [-0.05, 0) is 12.0 Å². The lowest BCUT2D eigenvalue weighted by Gasteiger charge is -2.05. The molecule has 96 valence electrons. The smallest absolute Gasteiger partial charge is 0.233 e. The summed E-state index contributed by atoms with van der Waals surface area (Å²) in [4.78, 5) is 11.4. The fourth-order valence-corrected chi connectivity index (χ4v) is 1.39. The number of hydrogen-bond donors (Lipinski definition) is 2. The third kappa shape index (κ3) is 6.03. The normalized spacial score (nSPS) is 10.5. The number of aromatic nitrogens is 2. The van der Waals surface area contributed by atoms with E-state index in [-0.39, 0.29) is 5.91 Å². The highest BCUT2D eigenvalue weighted by atomic mass is 16.5. The minimum absolute atomic E-state index is 0.00462. The lowest BCUT2D eigenvalue weighted by atomic mass is 10.2. The Balaban J connectivity index is 2.04. The van der Waals surface area contributed by atoms with Gasteiger partial charge >= 0.3 is 0 Å². The minimum atomic E-state index is 0.00462. The molecule has 0 saturated heterocycles. The molecular formula is C11H20N4O2.